The van der Waals surface area contributed by atoms with Crippen molar-refractivity contribution in [3.8, 4) is 0 Å². The molecule has 0 aliphatic heterocycles. The number of hydrogen-bond donors (Lipinski definition) is 0. The third-order valence-electron chi connectivity index (χ3n) is 3.62. The Morgan fingerprint density at radius 2 is 2.14 bits per heavy atom. The van der Waals surface area contributed by atoms with Crippen molar-refractivity contribution in [3.05, 3.63) is 56.3 Å². The molecule has 1 fully saturated rings. The lowest BCUT2D eigenvalue weighted by atomic mass is 10.1. The quantitative estimate of drug-likeness (QED) is 0.445. The lowest BCUT2D eigenvalue weighted by Crippen LogP contribution is -2.25. The molecule has 4 nitrogen and oxygen atoms in total. The fraction of sp³-hybridized carbons (Fsp3) is 0.333. The van der Waals surface area contributed by atoms with Crippen LogP contribution in [0.25, 0.3) is 0 Å². The molecule has 0 spiro atoms. The van der Waals surface area contributed by atoms with Crippen molar-refractivity contribution in [2.45, 2.75) is 31.3 Å². The van der Waals surface area contributed by atoms with Gasteiger partial charge in [-0.3, -0.25) is 10.1 Å². The van der Waals surface area contributed by atoms with Crippen LogP contribution in [0.2, 0.25) is 0 Å². The van der Waals surface area contributed by atoms with E-state index in [1.807, 2.05) is 17.5 Å². The summed E-state index contributed by atoms with van der Waals surface area (Å²) in [5, 5.41) is 15.5. The van der Waals surface area contributed by atoms with E-state index in [0.29, 0.717) is 11.7 Å². The van der Waals surface area contributed by atoms with Crippen molar-refractivity contribution < 1.29 is 4.92 Å². The van der Waals surface area contributed by atoms with E-state index in [9.17, 15) is 10.1 Å². The first-order valence-corrected chi connectivity index (χ1v) is 8.28. The molecular weight excluding hydrogens is 308 g/mol. The van der Waals surface area contributed by atoms with Gasteiger partial charge in [-0.1, -0.05) is 6.07 Å². The molecule has 1 aliphatic carbocycles. The van der Waals surface area contributed by atoms with Gasteiger partial charge in [0.25, 0.3) is 5.69 Å². The Labute approximate surface area is 132 Å². The molecule has 1 heterocycles. The molecule has 2 aromatic rings. The summed E-state index contributed by atoms with van der Waals surface area (Å²) in [7, 11) is 0. The Hall–Kier alpha value is -1.59. The zero-order valence-electron chi connectivity index (χ0n) is 11.4. The van der Waals surface area contributed by atoms with Gasteiger partial charge in [-0.25, -0.2) is 0 Å². The molecule has 0 amide bonds. The topological polar surface area (TPSA) is 46.4 Å². The average Bonchev–Trinajstić information content (AvgIpc) is 3.21. The van der Waals surface area contributed by atoms with Crippen molar-refractivity contribution in [2.75, 3.05) is 4.90 Å². The molecule has 1 saturated carbocycles. The van der Waals surface area contributed by atoms with Crippen LogP contribution in [0.1, 0.15) is 24.0 Å². The maximum absolute atomic E-state index is 11.4. The summed E-state index contributed by atoms with van der Waals surface area (Å²) in [5.74, 6) is 0.287. The SMILES string of the molecule is O=[N+]([O-])c1cc(CCl)ccc1N(Cc1ccsc1)C1CC1. The molecule has 6 heteroatoms. The van der Waals surface area contributed by atoms with Gasteiger partial charge >= 0.3 is 0 Å². The number of halogens is 1. The number of nitro benzene ring substituents is 1. The van der Waals surface area contributed by atoms with E-state index in [1.54, 1.807) is 17.4 Å². The second-order valence-corrected chi connectivity index (χ2v) is 6.25. The highest BCUT2D eigenvalue weighted by atomic mass is 35.5. The molecule has 3 rings (SSSR count). The lowest BCUT2D eigenvalue weighted by molar-refractivity contribution is -0.384. The van der Waals surface area contributed by atoms with Gasteiger partial charge < -0.3 is 4.90 Å². The van der Waals surface area contributed by atoms with Gasteiger partial charge in [0.1, 0.15) is 5.69 Å². The minimum absolute atomic E-state index is 0.148. The number of hydrogen-bond acceptors (Lipinski definition) is 4. The first kappa shape index (κ1) is 14.4. The number of alkyl halides is 1. The van der Waals surface area contributed by atoms with E-state index in [1.165, 1.54) is 5.56 Å². The first-order valence-electron chi connectivity index (χ1n) is 6.80. The molecule has 110 valence electrons. The molecule has 0 atom stereocenters. The van der Waals surface area contributed by atoms with Crippen molar-refractivity contribution in [2.24, 2.45) is 0 Å². The summed E-state index contributed by atoms with van der Waals surface area (Å²) >= 11 is 7.44. The fourth-order valence-corrected chi connectivity index (χ4v) is 3.24. The molecule has 21 heavy (non-hydrogen) atoms. The Kier molecular flexibility index (Phi) is 4.12. The van der Waals surface area contributed by atoms with Gasteiger partial charge in [-0.05, 0) is 46.9 Å². The summed E-state index contributed by atoms with van der Waals surface area (Å²) in [5.41, 5.74) is 2.82. The normalized spacial score (nSPS) is 14.1. The number of benzene rings is 1. The fourth-order valence-electron chi connectivity index (χ4n) is 2.42. The Bertz CT molecular complexity index is 641. The van der Waals surface area contributed by atoms with E-state index in [2.05, 4.69) is 16.3 Å². The average molecular weight is 323 g/mol. The van der Waals surface area contributed by atoms with Crippen LogP contribution in [0.3, 0.4) is 0 Å². The second-order valence-electron chi connectivity index (χ2n) is 5.20. The molecule has 0 saturated heterocycles. The molecule has 1 aromatic carbocycles. The van der Waals surface area contributed by atoms with E-state index >= 15 is 0 Å². The predicted octanol–water partition coefficient (Wildman–Crippen LogP) is 4.56. The van der Waals surface area contributed by atoms with Gasteiger partial charge in [0.15, 0.2) is 0 Å². The number of nitrogens with zero attached hydrogens (tertiary/aromatic N) is 2. The monoisotopic (exact) mass is 322 g/mol. The van der Waals surface area contributed by atoms with Gasteiger partial charge in [0.2, 0.25) is 0 Å². The minimum atomic E-state index is -0.311. The lowest BCUT2D eigenvalue weighted by Gasteiger charge is -2.24. The molecule has 0 radical (unpaired) electrons. The summed E-state index contributed by atoms with van der Waals surface area (Å²) in [6.45, 7) is 0.717. The molecule has 1 aliphatic rings. The Morgan fingerprint density at radius 3 is 2.71 bits per heavy atom. The molecule has 0 N–H and O–H groups in total. The Balaban J connectivity index is 1.96. The number of thiophene rings is 1. The summed E-state index contributed by atoms with van der Waals surface area (Å²) in [4.78, 5) is 13.2. The van der Waals surface area contributed by atoms with E-state index in [4.69, 9.17) is 11.6 Å². The first-order chi connectivity index (χ1) is 10.2. The van der Waals surface area contributed by atoms with Crippen LogP contribution in [0.4, 0.5) is 11.4 Å². The van der Waals surface area contributed by atoms with Crippen LogP contribution in [0.5, 0.6) is 0 Å². The minimum Gasteiger partial charge on any atom is -0.359 e. The van der Waals surface area contributed by atoms with Crippen molar-refractivity contribution in [3.63, 3.8) is 0 Å². The number of nitro groups is 1. The van der Waals surface area contributed by atoms with Crippen LogP contribution in [0.15, 0.2) is 35.0 Å². The van der Waals surface area contributed by atoms with Crippen LogP contribution in [-0.4, -0.2) is 11.0 Å². The van der Waals surface area contributed by atoms with Gasteiger partial charge in [0.05, 0.1) is 4.92 Å². The van der Waals surface area contributed by atoms with Crippen molar-refractivity contribution >= 4 is 34.3 Å². The summed E-state index contributed by atoms with van der Waals surface area (Å²) in [6, 6.07) is 7.77. The third-order valence-corrected chi connectivity index (χ3v) is 4.66. The smallest absolute Gasteiger partial charge is 0.292 e. The summed E-state index contributed by atoms with van der Waals surface area (Å²) in [6.07, 6.45) is 2.19. The van der Waals surface area contributed by atoms with Gasteiger partial charge in [-0.2, -0.15) is 11.3 Å². The van der Waals surface area contributed by atoms with Crippen molar-refractivity contribution in [1.82, 2.24) is 0 Å². The standard InChI is InChI=1S/C15H15ClN2O2S/c16-8-11-1-4-14(15(7-11)18(19)20)17(13-2-3-13)9-12-5-6-21-10-12/h1,4-7,10,13H,2-3,8-9H2. The van der Waals surface area contributed by atoms with Gasteiger partial charge in [-0.15, -0.1) is 11.6 Å². The summed E-state index contributed by atoms with van der Waals surface area (Å²) < 4.78 is 0. The number of anilines is 1. The predicted molar refractivity (Wildman–Crippen MR) is 86.2 cm³/mol. The van der Waals surface area contributed by atoms with E-state index in [-0.39, 0.29) is 16.5 Å². The largest absolute Gasteiger partial charge is 0.359 e. The Morgan fingerprint density at radius 1 is 1.33 bits per heavy atom. The van der Waals surface area contributed by atoms with Crippen LogP contribution >= 0.6 is 22.9 Å². The van der Waals surface area contributed by atoms with E-state index in [0.717, 1.165) is 24.9 Å². The van der Waals surface area contributed by atoms with Crippen LogP contribution < -0.4 is 4.90 Å². The van der Waals surface area contributed by atoms with Gasteiger partial charge in [0, 0.05) is 24.5 Å². The molecule has 1 aromatic heterocycles. The van der Waals surface area contributed by atoms with E-state index < -0.39 is 0 Å². The zero-order valence-corrected chi connectivity index (χ0v) is 12.9. The molecular formula is C15H15ClN2O2S. The highest BCUT2D eigenvalue weighted by Gasteiger charge is 2.33. The van der Waals surface area contributed by atoms with Crippen LogP contribution in [-0.2, 0) is 12.4 Å². The highest BCUT2D eigenvalue weighted by molar-refractivity contribution is 7.07. The van der Waals surface area contributed by atoms with Crippen LogP contribution in [0, 0.1) is 10.1 Å². The third kappa shape index (κ3) is 3.19. The van der Waals surface area contributed by atoms with Crippen molar-refractivity contribution in [1.29, 1.82) is 0 Å². The second kappa shape index (κ2) is 6.03. The maximum Gasteiger partial charge on any atom is 0.292 e. The zero-order chi connectivity index (χ0) is 14.8. The molecule has 0 bridgehead atoms. The number of rotatable bonds is 6. The highest BCUT2D eigenvalue weighted by Crippen LogP contribution is 2.38. The molecule has 0 unspecified atom stereocenters. The maximum atomic E-state index is 11.4.